The van der Waals surface area contributed by atoms with Crippen LogP contribution in [0.3, 0.4) is 0 Å². The van der Waals surface area contributed by atoms with Gasteiger partial charge >= 0.3 is 7.71 Å². The first-order chi connectivity index (χ1) is 5.24. The highest BCUT2D eigenvalue weighted by Crippen LogP contribution is 2.27. The molecule has 0 heterocycles. The molecule has 68 valence electrons. The summed E-state index contributed by atoms with van der Waals surface area (Å²) in [4.78, 5) is 0. The molecular formula is C6H16O3SSi. The van der Waals surface area contributed by atoms with Gasteiger partial charge in [-0.25, -0.2) is 0 Å². The molecular weight excluding hydrogens is 180 g/mol. The van der Waals surface area contributed by atoms with Crippen molar-refractivity contribution < 1.29 is 13.0 Å². The summed E-state index contributed by atoms with van der Waals surface area (Å²) in [6, 6.07) is 0.957. The van der Waals surface area contributed by atoms with Crippen molar-refractivity contribution in [1.82, 2.24) is 0 Å². The maximum absolute atomic E-state index is 5.32. The Morgan fingerprint density at radius 3 is 2.00 bits per heavy atom. The Hall–Kier alpha value is 0.447. The molecule has 0 aromatic rings. The van der Waals surface area contributed by atoms with Gasteiger partial charge < -0.3 is 13.0 Å². The highest BCUT2D eigenvalue weighted by Gasteiger charge is 2.37. The van der Waals surface area contributed by atoms with E-state index in [1.54, 1.807) is 21.3 Å². The van der Waals surface area contributed by atoms with Crippen molar-refractivity contribution in [2.45, 2.75) is 19.4 Å². The van der Waals surface area contributed by atoms with Crippen LogP contribution in [0.15, 0.2) is 0 Å². The van der Waals surface area contributed by atoms with E-state index in [1.807, 2.05) is 0 Å². The molecule has 0 aliphatic rings. The highest BCUT2D eigenvalue weighted by molar-refractivity contribution is 8.23. The van der Waals surface area contributed by atoms with Crippen molar-refractivity contribution >= 4 is 19.2 Å². The third-order valence-corrected chi connectivity index (χ3v) is 7.04. The van der Waals surface area contributed by atoms with Crippen molar-refractivity contribution in [3.8, 4) is 0 Å². The third kappa shape index (κ3) is 3.57. The van der Waals surface area contributed by atoms with E-state index in [2.05, 4.69) is 6.92 Å². The van der Waals surface area contributed by atoms with E-state index in [0.29, 0.717) is 0 Å². The van der Waals surface area contributed by atoms with Crippen LogP contribution >= 0.6 is 11.5 Å². The summed E-state index contributed by atoms with van der Waals surface area (Å²) in [7, 11) is 2.95. The van der Waals surface area contributed by atoms with Gasteiger partial charge in [-0.15, -0.1) is 0 Å². The second kappa shape index (κ2) is 6.02. The molecule has 0 unspecified atom stereocenters. The van der Waals surface area contributed by atoms with Gasteiger partial charge in [-0.2, -0.15) is 0 Å². The van der Waals surface area contributed by atoms with Crippen molar-refractivity contribution in [3.63, 3.8) is 0 Å². The molecule has 0 rings (SSSR count). The summed E-state index contributed by atoms with van der Waals surface area (Å²) in [5.41, 5.74) is 0. The fourth-order valence-corrected chi connectivity index (χ4v) is 4.52. The molecule has 0 radical (unpaired) electrons. The first-order valence-electron chi connectivity index (χ1n) is 3.56. The average Bonchev–Trinajstić information content (AvgIpc) is 2.04. The average molecular weight is 196 g/mol. The lowest BCUT2D eigenvalue weighted by atomic mass is 10.6. The lowest BCUT2D eigenvalue weighted by Gasteiger charge is -2.23. The SMILES string of the molecule is CCC[Si](OC)(OC)SOC. The normalized spacial score (nSPS) is 12.0. The van der Waals surface area contributed by atoms with Gasteiger partial charge in [0.25, 0.3) is 0 Å². The summed E-state index contributed by atoms with van der Waals surface area (Å²) in [6.07, 6.45) is 1.06. The van der Waals surface area contributed by atoms with Crippen LogP contribution in [0.1, 0.15) is 13.3 Å². The molecule has 0 bridgehead atoms. The zero-order chi connectivity index (χ0) is 8.74. The molecule has 0 saturated carbocycles. The van der Waals surface area contributed by atoms with Gasteiger partial charge in [-0.1, -0.05) is 13.3 Å². The molecule has 5 heteroatoms. The standard InChI is InChI=1S/C6H16O3SSi/c1-5-6-11(8-3,9-4)10-7-2/h5-6H2,1-4H3. The maximum Gasteiger partial charge on any atom is 0.433 e. The molecule has 0 amide bonds. The van der Waals surface area contributed by atoms with Crippen LogP contribution < -0.4 is 0 Å². The van der Waals surface area contributed by atoms with Gasteiger partial charge in [0.15, 0.2) is 0 Å². The Labute approximate surface area is 73.5 Å². The Bertz CT molecular complexity index is 89.8. The molecule has 0 aliphatic heterocycles. The van der Waals surface area contributed by atoms with Gasteiger partial charge in [0.05, 0.1) is 0 Å². The molecule has 0 saturated heterocycles. The topological polar surface area (TPSA) is 27.7 Å². The minimum atomic E-state index is -2.05. The fraction of sp³-hybridized carbons (Fsp3) is 1.00. The molecule has 0 spiro atoms. The van der Waals surface area contributed by atoms with Gasteiger partial charge in [0, 0.05) is 38.9 Å². The van der Waals surface area contributed by atoms with Crippen LogP contribution in [-0.4, -0.2) is 29.0 Å². The predicted molar refractivity (Wildman–Crippen MR) is 49.5 cm³/mol. The van der Waals surface area contributed by atoms with E-state index in [9.17, 15) is 0 Å². The Kier molecular flexibility index (Phi) is 6.26. The van der Waals surface area contributed by atoms with Crippen LogP contribution in [0.25, 0.3) is 0 Å². The predicted octanol–water partition coefficient (Wildman–Crippen LogP) is 1.92. The number of hydrogen-bond acceptors (Lipinski definition) is 4. The van der Waals surface area contributed by atoms with Gasteiger partial charge in [-0.05, 0) is 0 Å². The lowest BCUT2D eigenvalue weighted by Crippen LogP contribution is -2.36. The summed E-state index contributed by atoms with van der Waals surface area (Å²) < 4.78 is 15.6. The Morgan fingerprint density at radius 1 is 1.18 bits per heavy atom. The Morgan fingerprint density at radius 2 is 1.73 bits per heavy atom. The minimum absolute atomic E-state index is 0.957. The largest absolute Gasteiger partial charge is 0.433 e. The van der Waals surface area contributed by atoms with Crippen LogP contribution in [0.4, 0.5) is 0 Å². The van der Waals surface area contributed by atoms with Crippen LogP contribution in [-0.2, 0) is 13.0 Å². The van der Waals surface area contributed by atoms with Gasteiger partial charge in [0.2, 0.25) is 0 Å². The lowest BCUT2D eigenvalue weighted by molar-refractivity contribution is 0.264. The van der Waals surface area contributed by atoms with Crippen LogP contribution in [0, 0.1) is 0 Å². The molecule has 0 aromatic heterocycles. The summed E-state index contributed by atoms with van der Waals surface area (Å²) >= 11 is 1.34. The quantitative estimate of drug-likeness (QED) is 0.479. The molecule has 0 aliphatic carbocycles. The molecule has 0 fully saturated rings. The summed E-state index contributed by atoms with van der Waals surface area (Å²) in [5.74, 6) is 0. The first-order valence-corrected chi connectivity index (χ1v) is 7.05. The minimum Gasteiger partial charge on any atom is -0.389 e. The van der Waals surface area contributed by atoms with Crippen molar-refractivity contribution in [2.24, 2.45) is 0 Å². The summed E-state index contributed by atoms with van der Waals surface area (Å²) in [5, 5.41) is 0. The van der Waals surface area contributed by atoms with Crippen molar-refractivity contribution in [1.29, 1.82) is 0 Å². The maximum atomic E-state index is 5.32. The molecule has 0 N–H and O–H groups in total. The molecule has 0 atom stereocenters. The second-order valence-corrected chi connectivity index (χ2v) is 7.64. The van der Waals surface area contributed by atoms with Crippen LogP contribution in [0.5, 0.6) is 0 Å². The van der Waals surface area contributed by atoms with E-state index in [0.717, 1.165) is 12.5 Å². The Balaban J connectivity index is 3.96. The second-order valence-electron chi connectivity index (χ2n) is 2.09. The summed E-state index contributed by atoms with van der Waals surface area (Å²) in [6.45, 7) is 2.11. The van der Waals surface area contributed by atoms with E-state index < -0.39 is 7.71 Å². The van der Waals surface area contributed by atoms with E-state index >= 15 is 0 Å². The third-order valence-electron chi connectivity index (χ3n) is 1.39. The first kappa shape index (κ1) is 11.4. The smallest absolute Gasteiger partial charge is 0.389 e. The monoisotopic (exact) mass is 196 g/mol. The van der Waals surface area contributed by atoms with E-state index in [1.165, 1.54) is 11.5 Å². The molecule has 0 aromatic carbocycles. The van der Waals surface area contributed by atoms with Crippen molar-refractivity contribution in [2.75, 3.05) is 21.3 Å². The number of rotatable bonds is 6. The highest BCUT2D eigenvalue weighted by atomic mass is 32.4. The van der Waals surface area contributed by atoms with E-state index in [4.69, 9.17) is 13.0 Å². The molecule has 11 heavy (non-hydrogen) atoms. The van der Waals surface area contributed by atoms with Gasteiger partial charge in [-0.3, -0.25) is 0 Å². The number of hydrogen-bond donors (Lipinski definition) is 0. The van der Waals surface area contributed by atoms with Crippen LogP contribution in [0.2, 0.25) is 6.04 Å². The fourth-order valence-electron chi connectivity index (χ4n) is 0.830. The molecule has 3 nitrogen and oxygen atoms in total. The van der Waals surface area contributed by atoms with Crippen molar-refractivity contribution in [3.05, 3.63) is 0 Å². The zero-order valence-corrected chi connectivity index (χ0v) is 9.36. The van der Waals surface area contributed by atoms with Gasteiger partial charge in [0.1, 0.15) is 0 Å². The van der Waals surface area contributed by atoms with E-state index in [-0.39, 0.29) is 0 Å². The zero-order valence-electron chi connectivity index (χ0n) is 7.55.